The van der Waals surface area contributed by atoms with Crippen LogP contribution < -0.4 is 4.90 Å². The molecule has 0 N–H and O–H groups in total. The first-order valence-electron chi connectivity index (χ1n) is 8.37. The van der Waals surface area contributed by atoms with Crippen molar-refractivity contribution in [3.63, 3.8) is 0 Å². The fraction of sp³-hybridized carbons (Fsp3) is 0.235. The molecule has 0 spiro atoms. The Balaban J connectivity index is 1.43. The Kier molecular flexibility index (Phi) is 5.10. The van der Waals surface area contributed by atoms with E-state index in [9.17, 15) is 8.42 Å². The number of aromatic nitrogens is 4. The van der Waals surface area contributed by atoms with Gasteiger partial charge < -0.3 is 4.90 Å². The van der Waals surface area contributed by atoms with E-state index in [-0.39, 0.29) is 0 Å². The zero-order chi connectivity index (χ0) is 18.9. The molecule has 0 radical (unpaired) electrons. The summed E-state index contributed by atoms with van der Waals surface area (Å²) in [4.78, 5) is 6.37. The second kappa shape index (κ2) is 7.52. The number of piperazine rings is 1. The Hall–Kier alpha value is -2.05. The molecule has 0 atom stereocenters. The summed E-state index contributed by atoms with van der Waals surface area (Å²) in [5.74, 6) is 1.43. The van der Waals surface area contributed by atoms with E-state index in [1.54, 1.807) is 47.6 Å². The monoisotopic (exact) mass is 496 g/mol. The molecule has 0 amide bonds. The Bertz CT molecular complexity index is 999. The molecule has 4 rings (SSSR count). The van der Waals surface area contributed by atoms with Crippen LogP contribution in [0.15, 0.2) is 60.0 Å². The van der Waals surface area contributed by atoms with E-state index in [0.29, 0.717) is 36.9 Å². The molecule has 1 aromatic carbocycles. The van der Waals surface area contributed by atoms with Crippen molar-refractivity contribution < 1.29 is 8.42 Å². The molecule has 1 aliphatic rings. The van der Waals surface area contributed by atoms with Crippen molar-refractivity contribution >= 4 is 38.4 Å². The summed E-state index contributed by atoms with van der Waals surface area (Å²) in [6.07, 6.45) is 5.15. The molecule has 140 valence electrons. The number of anilines is 1. The van der Waals surface area contributed by atoms with Crippen molar-refractivity contribution in [1.82, 2.24) is 24.1 Å². The molecule has 1 aliphatic heterocycles. The van der Waals surface area contributed by atoms with Crippen molar-refractivity contribution in [3.05, 3.63) is 58.7 Å². The first-order chi connectivity index (χ1) is 13.0. The third-order valence-corrected chi connectivity index (χ3v) is 7.05. The molecule has 2 aromatic heterocycles. The molecule has 8 nitrogen and oxygen atoms in total. The Morgan fingerprint density at radius 3 is 2.15 bits per heavy atom. The van der Waals surface area contributed by atoms with Crippen molar-refractivity contribution in [2.24, 2.45) is 0 Å². The second-order valence-electron chi connectivity index (χ2n) is 6.06. The van der Waals surface area contributed by atoms with E-state index < -0.39 is 10.0 Å². The van der Waals surface area contributed by atoms with Crippen LogP contribution >= 0.6 is 22.6 Å². The van der Waals surface area contributed by atoms with Gasteiger partial charge in [-0.15, -0.1) is 10.2 Å². The standard InChI is InChI=1S/C17H17IN6O2S/c18-14-1-3-15(4-2-14)27(25,26)24-11-9-22(10-12-24)16-5-6-17(21-20-16)23-8-7-19-13-23/h1-8,13H,9-12H2. The van der Waals surface area contributed by atoms with Crippen molar-refractivity contribution in [3.8, 4) is 5.82 Å². The number of sulfonamides is 1. The van der Waals surface area contributed by atoms with E-state index >= 15 is 0 Å². The van der Waals surface area contributed by atoms with Gasteiger partial charge in [-0.3, -0.25) is 4.57 Å². The first kappa shape index (κ1) is 18.3. The van der Waals surface area contributed by atoms with E-state index in [0.717, 1.165) is 9.39 Å². The predicted octanol–water partition coefficient (Wildman–Crippen LogP) is 1.78. The lowest BCUT2D eigenvalue weighted by molar-refractivity contribution is 0.383. The summed E-state index contributed by atoms with van der Waals surface area (Å²) >= 11 is 2.16. The lowest BCUT2D eigenvalue weighted by Crippen LogP contribution is -2.49. The molecule has 3 aromatic rings. The summed E-state index contributed by atoms with van der Waals surface area (Å²) < 4.78 is 29.9. The lowest BCUT2D eigenvalue weighted by atomic mass is 10.3. The van der Waals surface area contributed by atoms with Gasteiger partial charge in [-0.2, -0.15) is 4.31 Å². The van der Waals surface area contributed by atoms with Crippen LogP contribution in [0.1, 0.15) is 0 Å². The molecule has 0 unspecified atom stereocenters. The molecule has 1 saturated heterocycles. The Labute approximate surface area is 171 Å². The number of hydrogen-bond acceptors (Lipinski definition) is 6. The van der Waals surface area contributed by atoms with E-state index in [2.05, 4.69) is 37.8 Å². The van der Waals surface area contributed by atoms with Crippen LogP contribution in [0.5, 0.6) is 0 Å². The highest BCUT2D eigenvalue weighted by atomic mass is 127. The predicted molar refractivity (Wildman–Crippen MR) is 109 cm³/mol. The topological polar surface area (TPSA) is 84.2 Å². The number of imidazole rings is 1. The molecular weight excluding hydrogens is 479 g/mol. The Morgan fingerprint density at radius 1 is 0.889 bits per heavy atom. The molecule has 27 heavy (non-hydrogen) atoms. The van der Waals surface area contributed by atoms with Gasteiger partial charge in [0, 0.05) is 42.1 Å². The van der Waals surface area contributed by atoms with Gasteiger partial charge in [-0.05, 0) is 59.0 Å². The Morgan fingerprint density at radius 2 is 1.56 bits per heavy atom. The van der Waals surface area contributed by atoms with Gasteiger partial charge in [0.2, 0.25) is 10.0 Å². The average molecular weight is 496 g/mol. The van der Waals surface area contributed by atoms with Crippen molar-refractivity contribution in [2.75, 3.05) is 31.1 Å². The first-order valence-corrected chi connectivity index (χ1v) is 10.9. The van der Waals surface area contributed by atoms with Gasteiger partial charge in [0.1, 0.15) is 6.33 Å². The number of nitrogens with zero attached hydrogens (tertiary/aromatic N) is 6. The number of hydrogen-bond donors (Lipinski definition) is 0. The molecule has 0 aliphatic carbocycles. The van der Waals surface area contributed by atoms with Crippen LogP contribution in [0.2, 0.25) is 0 Å². The van der Waals surface area contributed by atoms with Gasteiger partial charge in [-0.25, -0.2) is 13.4 Å². The summed E-state index contributed by atoms with van der Waals surface area (Å²) in [6, 6.07) is 10.7. The van der Waals surface area contributed by atoms with Crippen LogP contribution in [0.25, 0.3) is 5.82 Å². The van der Waals surface area contributed by atoms with Gasteiger partial charge in [0.25, 0.3) is 0 Å². The van der Waals surface area contributed by atoms with Crippen molar-refractivity contribution in [2.45, 2.75) is 4.90 Å². The van der Waals surface area contributed by atoms with Gasteiger partial charge in [0.15, 0.2) is 11.6 Å². The minimum Gasteiger partial charge on any atom is -0.352 e. The molecule has 0 saturated carbocycles. The molecule has 0 bridgehead atoms. The third kappa shape index (κ3) is 3.82. The van der Waals surface area contributed by atoms with Gasteiger partial charge >= 0.3 is 0 Å². The zero-order valence-corrected chi connectivity index (χ0v) is 17.3. The highest BCUT2D eigenvalue weighted by Gasteiger charge is 2.29. The minimum atomic E-state index is -3.46. The number of benzene rings is 1. The summed E-state index contributed by atoms with van der Waals surface area (Å²) in [6.45, 7) is 1.98. The quantitative estimate of drug-likeness (QED) is 0.513. The summed E-state index contributed by atoms with van der Waals surface area (Å²) in [5, 5.41) is 8.49. The maximum Gasteiger partial charge on any atom is 0.243 e. The fourth-order valence-corrected chi connectivity index (χ4v) is 4.71. The highest BCUT2D eigenvalue weighted by Crippen LogP contribution is 2.21. The normalized spacial score (nSPS) is 15.8. The SMILES string of the molecule is O=S(=O)(c1ccc(I)cc1)N1CCN(c2ccc(-n3ccnc3)nn2)CC1. The average Bonchev–Trinajstić information content (AvgIpc) is 3.23. The molecule has 3 heterocycles. The maximum absolute atomic E-state index is 12.8. The van der Waals surface area contributed by atoms with E-state index in [4.69, 9.17) is 0 Å². The largest absolute Gasteiger partial charge is 0.352 e. The number of rotatable bonds is 4. The lowest BCUT2D eigenvalue weighted by Gasteiger charge is -2.34. The van der Waals surface area contributed by atoms with Crippen LogP contribution in [-0.2, 0) is 10.0 Å². The number of halogens is 1. The molecular formula is C17H17IN6O2S. The molecule has 1 fully saturated rings. The fourth-order valence-electron chi connectivity index (χ4n) is 2.93. The van der Waals surface area contributed by atoms with Crippen molar-refractivity contribution in [1.29, 1.82) is 0 Å². The van der Waals surface area contributed by atoms with Crippen LogP contribution in [0, 0.1) is 3.57 Å². The van der Waals surface area contributed by atoms with E-state index in [1.165, 1.54) is 4.31 Å². The highest BCUT2D eigenvalue weighted by molar-refractivity contribution is 14.1. The second-order valence-corrected chi connectivity index (χ2v) is 9.25. The zero-order valence-electron chi connectivity index (χ0n) is 14.3. The molecule has 10 heteroatoms. The smallest absolute Gasteiger partial charge is 0.243 e. The van der Waals surface area contributed by atoms with Crippen LogP contribution in [-0.4, -0.2) is 58.7 Å². The summed E-state index contributed by atoms with van der Waals surface area (Å²) in [5.41, 5.74) is 0. The summed E-state index contributed by atoms with van der Waals surface area (Å²) in [7, 11) is -3.46. The van der Waals surface area contributed by atoms with E-state index in [1.807, 2.05) is 17.0 Å². The minimum absolute atomic E-state index is 0.334. The third-order valence-electron chi connectivity index (χ3n) is 4.42. The van der Waals surface area contributed by atoms with Crippen LogP contribution in [0.3, 0.4) is 0 Å². The maximum atomic E-state index is 12.8. The van der Waals surface area contributed by atoms with Gasteiger partial charge in [0.05, 0.1) is 4.90 Å². The van der Waals surface area contributed by atoms with Gasteiger partial charge in [-0.1, -0.05) is 0 Å². The van der Waals surface area contributed by atoms with Crippen LogP contribution in [0.4, 0.5) is 5.82 Å².